The summed E-state index contributed by atoms with van der Waals surface area (Å²) in [6, 6.07) is 5.32. The summed E-state index contributed by atoms with van der Waals surface area (Å²) in [5.41, 5.74) is 1.52. The van der Waals surface area contributed by atoms with Crippen molar-refractivity contribution in [2.45, 2.75) is 11.8 Å². The van der Waals surface area contributed by atoms with Crippen LogP contribution in [-0.4, -0.2) is 26.8 Å². The maximum absolute atomic E-state index is 11.5. The molecule has 6 heteroatoms. The molecule has 0 aliphatic rings. The normalized spacial score (nSPS) is 11.8. The van der Waals surface area contributed by atoms with Gasteiger partial charge in [0.15, 0.2) is 0 Å². The molecule has 0 saturated heterocycles. The lowest BCUT2D eigenvalue weighted by molar-refractivity contribution is 0.526. The first-order valence-electron chi connectivity index (χ1n) is 4.33. The highest BCUT2D eigenvalue weighted by Crippen LogP contribution is 2.22. The van der Waals surface area contributed by atoms with Gasteiger partial charge in [-0.15, -0.1) is 12.6 Å². The fourth-order valence-electron chi connectivity index (χ4n) is 0.958. The first-order valence-corrected chi connectivity index (χ1v) is 6.21. The van der Waals surface area contributed by atoms with Crippen LogP contribution in [0.15, 0.2) is 23.1 Å². The zero-order valence-electron chi connectivity index (χ0n) is 8.85. The van der Waals surface area contributed by atoms with Gasteiger partial charge in [0.1, 0.15) is 0 Å². The van der Waals surface area contributed by atoms with Crippen LogP contribution < -0.4 is 4.72 Å². The third-order valence-corrected chi connectivity index (χ3v) is 3.68. The Kier molecular flexibility index (Phi) is 3.64. The SMILES string of the molecule is Cc1ccc(NS(=O)(=O)N(C)C)c(S)c1. The van der Waals surface area contributed by atoms with Crippen LogP contribution in [0.2, 0.25) is 0 Å². The molecule has 84 valence electrons. The minimum Gasteiger partial charge on any atom is -0.270 e. The summed E-state index contributed by atoms with van der Waals surface area (Å²) < 4.78 is 26.6. The van der Waals surface area contributed by atoms with Gasteiger partial charge in [0, 0.05) is 19.0 Å². The molecule has 0 aliphatic heterocycles. The Morgan fingerprint density at radius 3 is 2.40 bits per heavy atom. The van der Waals surface area contributed by atoms with Crippen LogP contribution in [0.3, 0.4) is 0 Å². The molecule has 15 heavy (non-hydrogen) atoms. The predicted octanol–water partition coefficient (Wildman–Crippen LogP) is 1.50. The van der Waals surface area contributed by atoms with E-state index in [4.69, 9.17) is 0 Å². The molecular formula is C9H14N2O2S2. The van der Waals surface area contributed by atoms with Gasteiger partial charge in [0.25, 0.3) is 0 Å². The number of aryl methyl sites for hydroxylation is 1. The Hall–Kier alpha value is -0.720. The fraction of sp³-hybridized carbons (Fsp3) is 0.333. The van der Waals surface area contributed by atoms with Crippen molar-refractivity contribution in [3.8, 4) is 0 Å². The Bertz CT molecular complexity index is 455. The topological polar surface area (TPSA) is 49.4 Å². The molecule has 0 spiro atoms. The van der Waals surface area contributed by atoms with Crippen LogP contribution >= 0.6 is 12.6 Å². The van der Waals surface area contributed by atoms with E-state index in [2.05, 4.69) is 17.4 Å². The van der Waals surface area contributed by atoms with Crippen molar-refractivity contribution in [1.82, 2.24) is 4.31 Å². The van der Waals surface area contributed by atoms with Gasteiger partial charge in [-0.25, -0.2) is 0 Å². The summed E-state index contributed by atoms with van der Waals surface area (Å²) in [7, 11) is -0.518. The Morgan fingerprint density at radius 1 is 1.33 bits per heavy atom. The van der Waals surface area contributed by atoms with Gasteiger partial charge in [0.05, 0.1) is 5.69 Å². The summed E-state index contributed by atoms with van der Waals surface area (Å²) in [5, 5.41) is 0. The highest BCUT2D eigenvalue weighted by Gasteiger charge is 2.14. The molecule has 0 atom stereocenters. The fourth-order valence-corrected chi connectivity index (χ4v) is 2.01. The Morgan fingerprint density at radius 2 is 1.93 bits per heavy atom. The Labute approximate surface area is 95.9 Å². The van der Waals surface area contributed by atoms with Crippen molar-refractivity contribution in [1.29, 1.82) is 0 Å². The van der Waals surface area contributed by atoms with Crippen molar-refractivity contribution >= 4 is 28.5 Å². The van der Waals surface area contributed by atoms with Crippen LogP contribution in [-0.2, 0) is 10.2 Å². The highest BCUT2D eigenvalue weighted by atomic mass is 32.2. The van der Waals surface area contributed by atoms with Crippen LogP contribution in [0, 0.1) is 6.92 Å². The van der Waals surface area contributed by atoms with E-state index >= 15 is 0 Å². The van der Waals surface area contributed by atoms with Crippen molar-refractivity contribution in [2.24, 2.45) is 0 Å². The molecule has 0 amide bonds. The molecule has 0 saturated carbocycles. The lowest BCUT2D eigenvalue weighted by Crippen LogP contribution is -2.29. The van der Waals surface area contributed by atoms with E-state index in [-0.39, 0.29) is 0 Å². The second kappa shape index (κ2) is 4.42. The summed E-state index contributed by atoms with van der Waals surface area (Å²) in [6.07, 6.45) is 0. The van der Waals surface area contributed by atoms with E-state index < -0.39 is 10.2 Å². The number of nitrogens with zero attached hydrogens (tertiary/aromatic N) is 1. The molecule has 0 bridgehead atoms. The number of rotatable bonds is 3. The van der Waals surface area contributed by atoms with Crippen LogP contribution in [0.4, 0.5) is 5.69 Å². The van der Waals surface area contributed by atoms with E-state index in [0.717, 1.165) is 9.87 Å². The number of thiol groups is 1. The molecule has 0 aromatic heterocycles. The van der Waals surface area contributed by atoms with Crippen molar-refractivity contribution < 1.29 is 8.42 Å². The molecule has 0 fully saturated rings. The quantitative estimate of drug-likeness (QED) is 0.794. The van der Waals surface area contributed by atoms with E-state index in [0.29, 0.717) is 10.6 Å². The maximum Gasteiger partial charge on any atom is 0.301 e. The largest absolute Gasteiger partial charge is 0.301 e. The number of hydrogen-bond acceptors (Lipinski definition) is 3. The second-order valence-electron chi connectivity index (χ2n) is 3.41. The second-order valence-corrected chi connectivity index (χ2v) is 5.78. The molecule has 1 rings (SSSR count). The molecule has 0 aliphatic carbocycles. The van der Waals surface area contributed by atoms with E-state index in [1.165, 1.54) is 14.1 Å². The van der Waals surface area contributed by atoms with E-state index in [9.17, 15) is 8.42 Å². The zero-order valence-corrected chi connectivity index (χ0v) is 10.6. The monoisotopic (exact) mass is 246 g/mol. The van der Waals surface area contributed by atoms with Crippen molar-refractivity contribution in [3.05, 3.63) is 23.8 Å². The van der Waals surface area contributed by atoms with E-state index in [1.54, 1.807) is 12.1 Å². The molecule has 1 aromatic rings. The molecule has 1 N–H and O–H groups in total. The number of benzene rings is 1. The van der Waals surface area contributed by atoms with Crippen LogP contribution in [0.1, 0.15) is 5.56 Å². The third-order valence-electron chi connectivity index (χ3n) is 1.87. The summed E-state index contributed by atoms with van der Waals surface area (Å²) in [6.45, 7) is 1.92. The summed E-state index contributed by atoms with van der Waals surface area (Å²) >= 11 is 4.20. The number of anilines is 1. The smallest absolute Gasteiger partial charge is 0.270 e. The zero-order chi connectivity index (χ0) is 11.6. The molecule has 0 radical (unpaired) electrons. The number of hydrogen-bond donors (Lipinski definition) is 2. The highest BCUT2D eigenvalue weighted by molar-refractivity contribution is 7.90. The summed E-state index contributed by atoms with van der Waals surface area (Å²) in [5.74, 6) is 0. The van der Waals surface area contributed by atoms with Crippen molar-refractivity contribution in [2.75, 3.05) is 18.8 Å². The lowest BCUT2D eigenvalue weighted by Gasteiger charge is -2.14. The van der Waals surface area contributed by atoms with Gasteiger partial charge in [-0.3, -0.25) is 4.72 Å². The molecule has 1 aromatic carbocycles. The molecule has 0 unspecified atom stereocenters. The minimum absolute atomic E-state index is 0.484. The van der Waals surface area contributed by atoms with Gasteiger partial charge < -0.3 is 0 Å². The van der Waals surface area contributed by atoms with E-state index in [1.807, 2.05) is 13.0 Å². The molecular weight excluding hydrogens is 232 g/mol. The average molecular weight is 246 g/mol. The predicted molar refractivity (Wildman–Crippen MR) is 64.7 cm³/mol. The standard InChI is InChI=1S/C9H14N2O2S2/c1-7-4-5-8(9(14)6-7)10-15(12,13)11(2)3/h4-6,10,14H,1-3H3. The van der Waals surface area contributed by atoms with Gasteiger partial charge >= 0.3 is 10.2 Å². The summed E-state index contributed by atoms with van der Waals surface area (Å²) in [4.78, 5) is 0.612. The number of nitrogens with one attached hydrogen (secondary N) is 1. The average Bonchev–Trinajstić information content (AvgIpc) is 2.09. The van der Waals surface area contributed by atoms with Gasteiger partial charge in [-0.2, -0.15) is 12.7 Å². The van der Waals surface area contributed by atoms with Gasteiger partial charge in [0.2, 0.25) is 0 Å². The first-order chi connectivity index (χ1) is 6.83. The lowest BCUT2D eigenvalue weighted by atomic mass is 10.2. The van der Waals surface area contributed by atoms with Crippen LogP contribution in [0.25, 0.3) is 0 Å². The first kappa shape index (κ1) is 12.4. The third kappa shape index (κ3) is 3.12. The molecule has 4 nitrogen and oxygen atoms in total. The van der Waals surface area contributed by atoms with Crippen molar-refractivity contribution in [3.63, 3.8) is 0 Å². The maximum atomic E-state index is 11.5. The van der Waals surface area contributed by atoms with Gasteiger partial charge in [-0.05, 0) is 24.6 Å². The molecule has 0 heterocycles. The van der Waals surface area contributed by atoms with Gasteiger partial charge in [-0.1, -0.05) is 6.07 Å². The van der Waals surface area contributed by atoms with Crippen LogP contribution in [0.5, 0.6) is 0 Å². The minimum atomic E-state index is -3.45. The Balaban J connectivity index is 3.01.